The lowest BCUT2D eigenvalue weighted by atomic mass is 9.94. The zero-order valence-electron chi connectivity index (χ0n) is 14.9. The van der Waals surface area contributed by atoms with Crippen molar-refractivity contribution in [3.05, 3.63) is 53.1 Å². The van der Waals surface area contributed by atoms with Crippen molar-refractivity contribution in [2.75, 3.05) is 14.2 Å². The summed E-state index contributed by atoms with van der Waals surface area (Å²) in [7, 11) is 3.07. The largest absolute Gasteiger partial charge is 0.497 e. The summed E-state index contributed by atoms with van der Waals surface area (Å²) in [6, 6.07) is 7.59. The SMILES string of the molecule is COC(=O)[C@H](C/C=C(\C)CCC=C(C)C)c1ccc(OC)cc1. The Labute approximate surface area is 140 Å². The van der Waals surface area contributed by atoms with Gasteiger partial charge in [-0.05, 0) is 57.7 Å². The molecule has 0 saturated carbocycles. The lowest BCUT2D eigenvalue weighted by molar-refractivity contribution is -0.142. The van der Waals surface area contributed by atoms with Crippen LogP contribution < -0.4 is 4.74 Å². The fraction of sp³-hybridized carbons (Fsp3) is 0.450. The van der Waals surface area contributed by atoms with E-state index in [4.69, 9.17) is 9.47 Å². The van der Waals surface area contributed by atoms with Gasteiger partial charge >= 0.3 is 5.97 Å². The van der Waals surface area contributed by atoms with Crippen molar-refractivity contribution in [2.24, 2.45) is 0 Å². The quantitative estimate of drug-likeness (QED) is 0.498. The molecule has 3 heteroatoms. The van der Waals surface area contributed by atoms with Gasteiger partial charge in [-0.15, -0.1) is 0 Å². The molecular weight excluding hydrogens is 288 g/mol. The lowest BCUT2D eigenvalue weighted by Gasteiger charge is -2.14. The van der Waals surface area contributed by atoms with Crippen LogP contribution in [0.2, 0.25) is 0 Å². The summed E-state index contributed by atoms with van der Waals surface area (Å²) in [5.41, 5.74) is 3.58. The van der Waals surface area contributed by atoms with Crippen LogP contribution in [-0.4, -0.2) is 20.2 Å². The van der Waals surface area contributed by atoms with Crippen molar-refractivity contribution in [2.45, 2.75) is 46.0 Å². The fourth-order valence-electron chi connectivity index (χ4n) is 2.36. The number of carbonyl (C=O) groups is 1. The van der Waals surface area contributed by atoms with Gasteiger partial charge in [-0.2, -0.15) is 0 Å². The molecule has 0 saturated heterocycles. The van der Waals surface area contributed by atoms with E-state index in [2.05, 4.69) is 32.9 Å². The van der Waals surface area contributed by atoms with Crippen LogP contribution in [0.1, 0.15) is 51.5 Å². The molecule has 1 aromatic carbocycles. The Balaban J connectivity index is 2.78. The average Bonchev–Trinajstić information content (AvgIpc) is 2.54. The molecule has 23 heavy (non-hydrogen) atoms. The Morgan fingerprint density at radius 1 is 1.09 bits per heavy atom. The van der Waals surface area contributed by atoms with Gasteiger partial charge in [0, 0.05) is 0 Å². The number of methoxy groups -OCH3 is 2. The highest BCUT2D eigenvalue weighted by Crippen LogP contribution is 2.25. The summed E-state index contributed by atoms with van der Waals surface area (Å²) in [4.78, 5) is 12.1. The molecular formula is C20H28O3. The predicted molar refractivity (Wildman–Crippen MR) is 94.8 cm³/mol. The van der Waals surface area contributed by atoms with Crippen molar-refractivity contribution in [1.29, 1.82) is 0 Å². The Morgan fingerprint density at radius 2 is 1.74 bits per heavy atom. The highest BCUT2D eigenvalue weighted by atomic mass is 16.5. The van der Waals surface area contributed by atoms with Crippen LogP contribution in [0.3, 0.4) is 0 Å². The van der Waals surface area contributed by atoms with Gasteiger partial charge in [0.25, 0.3) is 0 Å². The predicted octanol–water partition coefficient (Wildman–Crippen LogP) is 5.03. The fourth-order valence-corrected chi connectivity index (χ4v) is 2.36. The van der Waals surface area contributed by atoms with Crippen LogP contribution in [0.25, 0.3) is 0 Å². The van der Waals surface area contributed by atoms with Gasteiger partial charge < -0.3 is 9.47 Å². The van der Waals surface area contributed by atoms with E-state index in [0.29, 0.717) is 6.42 Å². The minimum atomic E-state index is -0.274. The number of carbonyl (C=O) groups excluding carboxylic acids is 1. The molecule has 0 unspecified atom stereocenters. The second-order valence-corrected chi connectivity index (χ2v) is 5.96. The molecule has 126 valence electrons. The summed E-state index contributed by atoms with van der Waals surface area (Å²) < 4.78 is 10.1. The molecule has 0 fully saturated rings. The number of rotatable bonds is 8. The molecule has 0 spiro atoms. The summed E-state index contributed by atoms with van der Waals surface area (Å²) >= 11 is 0. The first-order valence-electron chi connectivity index (χ1n) is 7.98. The van der Waals surface area contributed by atoms with Crippen molar-refractivity contribution in [3.63, 3.8) is 0 Å². The van der Waals surface area contributed by atoms with Gasteiger partial charge in [0.1, 0.15) is 5.75 Å². The van der Waals surface area contributed by atoms with E-state index in [0.717, 1.165) is 24.2 Å². The van der Waals surface area contributed by atoms with Crippen molar-refractivity contribution in [3.8, 4) is 5.75 Å². The average molecular weight is 316 g/mol. The van der Waals surface area contributed by atoms with Crippen LogP contribution >= 0.6 is 0 Å². The van der Waals surface area contributed by atoms with Crippen molar-refractivity contribution < 1.29 is 14.3 Å². The van der Waals surface area contributed by atoms with E-state index in [-0.39, 0.29) is 11.9 Å². The normalized spacial score (nSPS) is 12.5. The Bertz CT molecular complexity index is 549. The van der Waals surface area contributed by atoms with Gasteiger partial charge in [-0.1, -0.05) is 35.4 Å². The molecule has 0 aliphatic rings. The minimum absolute atomic E-state index is 0.205. The summed E-state index contributed by atoms with van der Waals surface area (Å²) in [6.07, 6.45) is 7.08. The van der Waals surface area contributed by atoms with E-state index in [9.17, 15) is 4.79 Å². The maximum absolute atomic E-state index is 12.1. The second kappa shape index (κ2) is 9.88. The number of hydrogen-bond acceptors (Lipinski definition) is 3. The molecule has 1 aromatic rings. The van der Waals surface area contributed by atoms with Gasteiger partial charge in [0.2, 0.25) is 0 Å². The highest BCUT2D eigenvalue weighted by molar-refractivity contribution is 5.78. The van der Waals surface area contributed by atoms with E-state index >= 15 is 0 Å². The van der Waals surface area contributed by atoms with Crippen molar-refractivity contribution in [1.82, 2.24) is 0 Å². The Hall–Kier alpha value is -2.03. The maximum atomic E-state index is 12.1. The third-order valence-electron chi connectivity index (χ3n) is 3.80. The molecule has 0 bridgehead atoms. The first-order valence-corrected chi connectivity index (χ1v) is 7.98. The van der Waals surface area contributed by atoms with E-state index in [1.165, 1.54) is 18.3 Å². The summed E-state index contributed by atoms with van der Waals surface area (Å²) in [5.74, 6) is 0.304. The third kappa shape index (κ3) is 6.72. The zero-order valence-corrected chi connectivity index (χ0v) is 14.9. The van der Waals surface area contributed by atoms with Crippen LogP contribution in [0.4, 0.5) is 0 Å². The number of ether oxygens (including phenoxy) is 2. The molecule has 0 aromatic heterocycles. The summed E-state index contributed by atoms with van der Waals surface area (Å²) in [6.45, 7) is 6.33. The standard InChI is InChI=1S/C20H28O3/c1-15(2)7-6-8-16(3)9-14-19(20(21)23-5)17-10-12-18(22-4)13-11-17/h7,9-13,19H,6,8,14H2,1-5H3/b16-9+/t19-/m1/s1. The van der Waals surface area contributed by atoms with Gasteiger partial charge in [-0.3, -0.25) is 4.79 Å². The topological polar surface area (TPSA) is 35.5 Å². The molecule has 0 aliphatic heterocycles. The zero-order chi connectivity index (χ0) is 17.2. The maximum Gasteiger partial charge on any atom is 0.313 e. The Kier molecular flexibility index (Phi) is 8.17. The molecule has 0 amide bonds. The molecule has 0 radical (unpaired) electrons. The number of benzene rings is 1. The molecule has 3 nitrogen and oxygen atoms in total. The van der Waals surface area contributed by atoms with Gasteiger partial charge in [0.05, 0.1) is 20.1 Å². The van der Waals surface area contributed by atoms with Crippen molar-refractivity contribution >= 4 is 5.97 Å². The molecule has 1 rings (SSSR count). The van der Waals surface area contributed by atoms with Crippen LogP contribution in [0.5, 0.6) is 5.75 Å². The van der Waals surface area contributed by atoms with Crippen LogP contribution in [0, 0.1) is 0 Å². The van der Waals surface area contributed by atoms with E-state index < -0.39 is 0 Å². The number of hydrogen-bond donors (Lipinski definition) is 0. The first-order chi connectivity index (χ1) is 11.0. The molecule has 1 atom stereocenters. The van der Waals surface area contributed by atoms with E-state index in [1.807, 2.05) is 24.3 Å². The lowest BCUT2D eigenvalue weighted by Crippen LogP contribution is -2.13. The minimum Gasteiger partial charge on any atom is -0.497 e. The molecule has 0 N–H and O–H groups in total. The Morgan fingerprint density at radius 3 is 2.26 bits per heavy atom. The number of allylic oxidation sites excluding steroid dienone is 4. The van der Waals surface area contributed by atoms with Crippen LogP contribution in [-0.2, 0) is 9.53 Å². The molecule has 0 aliphatic carbocycles. The first kappa shape index (κ1) is 19.0. The highest BCUT2D eigenvalue weighted by Gasteiger charge is 2.20. The van der Waals surface area contributed by atoms with E-state index in [1.54, 1.807) is 7.11 Å². The number of esters is 1. The second-order valence-electron chi connectivity index (χ2n) is 5.96. The smallest absolute Gasteiger partial charge is 0.313 e. The monoisotopic (exact) mass is 316 g/mol. The summed E-state index contributed by atoms with van der Waals surface area (Å²) in [5, 5.41) is 0. The third-order valence-corrected chi connectivity index (χ3v) is 3.80. The molecule has 0 heterocycles. The van der Waals surface area contributed by atoms with Crippen LogP contribution in [0.15, 0.2) is 47.6 Å². The van der Waals surface area contributed by atoms with Gasteiger partial charge in [0.15, 0.2) is 0 Å². The van der Waals surface area contributed by atoms with Gasteiger partial charge in [-0.25, -0.2) is 0 Å².